The molecule has 1 aromatic carbocycles. The van der Waals surface area contributed by atoms with Crippen molar-refractivity contribution in [2.24, 2.45) is 0 Å². The minimum Gasteiger partial charge on any atom is -0.480 e. The second-order valence-electron chi connectivity index (χ2n) is 4.79. The number of hydrogen-bond donors (Lipinski definition) is 2. The minimum atomic E-state index is -4.13. The van der Waals surface area contributed by atoms with Gasteiger partial charge in [-0.15, -0.1) is 0 Å². The Morgan fingerprint density at radius 2 is 2.04 bits per heavy atom. The number of carboxylic acid groups (broad SMARTS) is 1. The summed E-state index contributed by atoms with van der Waals surface area (Å²) >= 11 is 5.91. The Hall–Kier alpha value is -1.64. The van der Waals surface area contributed by atoms with E-state index in [1.807, 2.05) is 6.92 Å². The van der Waals surface area contributed by atoms with Gasteiger partial charge in [0.25, 0.3) is 0 Å². The highest BCUT2D eigenvalue weighted by Crippen LogP contribution is 2.23. The lowest BCUT2D eigenvalue weighted by atomic mass is 10.1. The number of rotatable bonds is 8. The first-order valence-corrected chi connectivity index (χ1v) is 8.72. The van der Waals surface area contributed by atoms with E-state index in [9.17, 15) is 18.0 Å². The molecule has 9 heteroatoms. The predicted molar refractivity (Wildman–Crippen MR) is 84.1 cm³/mol. The van der Waals surface area contributed by atoms with Crippen LogP contribution in [-0.2, 0) is 19.6 Å². The molecule has 0 radical (unpaired) electrons. The molecule has 0 spiro atoms. The summed E-state index contributed by atoms with van der Waals surface area (Å²) in [7, 11) is -2.94. The molecular weight excluding hydrogens is 346 g/mol. The summed E-state index contributed by atoms with van der Waals surface area (Å²) < 4.78 is 31.2. The van der Waals surface area contributed by atoms with E-state index in [1.165, 1.54) is 13.2 Å². The molecule has 0 bridgehead atoms. The van der Waals surface area contributed by atoms with E-state index in [4.69, 9.17) is 16.7 Å². The number of carbonyl (C=O) groups excluding carboxylic acids is 1. The summed E-state index contributed by atoms with van der Waals surface area (Å²) in [5.74, 6) is -1.92. The highest BCUT2D eigenvalue weighted by atomic mass is 35.5. The fourth-order valence-electron chi connectivity index (χ4n) is 1.86. The Morgan fingerprint density at radius 3 is 2.52 bits per heavy atom. The number of sulfonamides is 1. The summed E-state index contributed by atoms with van der Waals surface area (Å²) in [5, 5.41) is 8.91. The van der Waals surface area contributed by atoms with Crippen LogP contribution in [-0.4, -0.2) is 38.6 Å². The van der Waals surface area contributed by atoms with E-state index < -0.39 is 28.0 Å². The summed E-state index contributed by atoms with van der Waals surface area (Å²) in [4.78, 5) is 22.3. The Labute approximate surface area is 139 Å². The van der Waals surface area contributed by atoms with E-state index in [-0.39, 0.29) is 21.9 Å². The molecule has 0 amide bonds. The van der Waals surface area contributed by atoms with Gasteiger partial charge in [0.15, 0.2) is 0 Å². The normalized spacial score (nSPS) is 12.7. The van der Waals surface area contributed by atoms with Crippen LogP contribution in [0.2, 0.25) is 5.02 Å². The Morgan fingerprint density at radius 1 is 1.39 bits per heavy atom. The highest BCUT2D eigenvalue weighted by molar-refractivity contribution is 7.89. The molecule has 7 nitrogen and oxygen atoms in total. The average molecular weight is 364 g/mol. The number of nitrogens with one attached hydrogen (secondary N) is 1. The number of benzene rings is 1. The van der Waals surface area contributed by atoms with Crippen molar-refractivity contribution in [2.45, 2.75) is 37.1 Å². The van der Waals surface area contributed by atoms with Crippen LogP contribution in [0.1, 0.15) is 36.5 Å². The van der Waals surface area contributed by atoms with Crippen LogP contribution in [0.5, 0.6) is 0 Å². The highest BCUT2D eigenvalue weighted by Gasteiger charge is 2.27. The Balaban J connectivity index is 3.08. The van der Waals surface area contributed by atoms with Gasteiger partial charge in [-0.1, -0.05) is 31.4 Å². The van der Waals surface area contributed by atoms with Gasteiger partial charge in [0.2, 0.25) is 10.0 Å². The average Bonchev–Trinajstić information content (AvgIpc) is 2.49. The number of carbonyl (C=O) groups is 2. The monoisotopic (exact) mass is 363 g/mol. The lowest BCUT2D eigenvalue weighted by molar-refractivity contribution is -0.139. The number of carboxylic acids is 1. The molecule has 0 unspecified atom stereocenters. The molecule has 0 aliphatic carbocycles. The zero-order valence-electron chi connectivity index (χ0n) is 12.7. The lowest BCUT2D eigenvalue weighted by Crippen LogP contribution is -2.40. The van der Waals surface area contributed by atoms with Crippen LogP contribution in [0.25, 0.3) is 0 Å². The van der Waals surface area contributed by atoms with Crippen LogP contribution >= 0.6 is 11.6 Å². The van der Waals surface area contributed by atoms with Gasteiger partial charge >= 0.3 is 11.9 Å². The van der Waals surface area contributed by atoms with Crippen molar-refractivity contribution in [3.8, 4) is 0 Å². The SMILES string of the molecule is CCCC[C@H](NS(=O)(=O)c1ccc(C(=O)OC)cc1Cl)C(=O)O. The molecule has 0 aromatic heterocycles. The zero-order valence-corrected chi connectivity index (χ0v) is 14.3. The number of esters is 1. The molecule has 0 aliphatic rings. The third-order valence-electron chi connectivity index (χ3n) is 3.08. The largest absolute Gasteiger partial charge is 0.480 e. The Bertz CT molecular complexity index is 689. The van der Waals surface area contributed by atoms with Crippen LogP contribution in [0.3, 0.4) is 0 Å². The maximum atomic E-state index is 12.3. The molecule has 1 atom stereocenters. The number of halogens is 1. The van der Waals surface area contributed by atoms with Gasteiger partial charge in [0.05, 0.1) is 17.7 Å². The molecule has 0 saturated carbocycles. The fraction of sp³-hybridized carbons (Fsp3) is 0.429. The van der Waals surface area contributed by atoms with Crippen molar-refractivity contribution in [1.29, 1.82) is 0 Å². The van der Waals surface area contributed by atoms with Gasteiger partial charge in [0.1, 0.15) is 10.9 Å². The molecule has 0 heterocycles. The third-order valence-corrected chi connectivity index (χ3v) is 5.04. The van der Waals surface area contributed by atoms with Gasteiger partial charge in [0, 0.05) is 0 Å². The molecule has 0 saturated heterocycles. The molecule has 1 aromatic rings. The van der Waals surface area contributed by atoms with Gasteiger partial charge in [-0.25, -0.2) is 13.2 Å². The van der Waals surface area contributed by atoms with Crippen molar-refractivity contribution < 1.29 is 27.9 Å². The van der Waals surface area contributed by atoms with Crippen LogP contribution < -0.4 is 4.72 Å². The smallest absolute Gasteiger partial charge is 0.337 e. The first-order valence-electron chi connectivity index (χ1n) is 6.86. The summed E-state index contributed by atoms with van der Waals surface area (Å²) in [5.41, 5.74) is 0.0946. The van der Waals surface area contributed by atoms with Crippen LogP contribution in [0.15, 0.2) is 23.1 Å². The number of methoxy groups -OCH3 is 1. The summed E-state index contributed by atoms with van der Waals surface area (Å²) in [6.45, 7) is 1.87. The topological polar surface area (TPSA) is 110 Å². The zero-order chi connectivity index (χ0) is 17.6. The number of hydrogen-bond acceptors (Lipinski definition) is 5. The van der Waals surface area contributed by atoms with Crippen molar-refractivity contribution in [1.82, 2.24) is 4.72 Å². The predicted octanol–water partition coefficient (Wildman–Crippen LogP) is 2.05. The number of unbranched alkanes of at least 4 members (excludes halogenated alkanes) is 1. The van der Waals surface area contributed by atoms with Crippen molar-refractivity contribution in [3.05, 3.63) is 28.8 Å². The fourth-order valence-corrected chi connectivity index (χ4v) is 3.62. The standard InChI is InChI=1S/C14H18ClNO6S/c1-3-4-5-11(13(17)18)16-23(20,21)12-7-6-9(8-10(12)15)14(19)22-2/h6-8,11,16H,3-5H2,1-2H3,(H,17,18)/t11-/m0/s1. The molecule has 0 fully saturated rings. The van der Waals surface area contributed by atoms with E-state index in [1.54, 1.807) is 0 Å². The van der Waals surface area contributed by atoms with Gasteiger partial charge in [-0.3, -0.25) is 4.79 Å². The van der Waals surface area contributed by atoms with Gasteiger partial charge in [-0.05, 0) is 24.6 Å². The molecule has 2 N–H and O–H groups in total. The van der Waals surface area contributed by atoms with Gasteiger partial charge in [-0.2, -0.15) is 4.72 Å². The molecule has 0 aliphatic heterocycles. The quantitative estimate of drug-likeness (QED) is 0.684. The third kappa shape index (κ3) is 5.19. The maximum absolute atomic E-state index is 12.3. The van der Waals surface area contributed by atoms with Crippen LogP contribution in [0, 0.1) is 0 Å². The first kappa shape index (κ1) is 19.4. The van der Waals surface area contributed by atoms with Crippen molar-refractivity contribution >= 4 is 33.6 Å². The van der Waals surface area contributed by atoms with Crippen molar-refractivity contribution in [2.75, 3.05) is 7.11 Å². The number of ether oxygens (including phenoxy) is 1. The lowest BCUT2D eigenvalue weighted by Gasteiger charge is -2.15. The summed E-state index contributed by atoms with van der Waals surface area (Å²) in [6, 6.07) is 2.30. The second kappa shape index (κ2) is 8.28. The molecule has 128 valence electrons. The molecule has 1 rings (SSSR count). The van der Waals surface area contributed by atoms with E-state index in [0.29, 0.717) is 6.42 Å². The first-order chi connectivity index (χ1) is 10.7. The van der Waals surface area contributed by atoms with E-state index in [2.05, 4.69) is 9.46 Å². The minimum absolute atomic E-state index is 0.0946. The van der Waals surface area contributed by atoms with Gasteiger partial charge < -0.3 is 9.84 Å². The summed E-state index contributed by atoms with van der Waals surface area (Å²) in [6.07, 6.45) is 1.47. The second-order valence-corrected chi connectivity index (χ2v) is 6.88. The molecular formula is C14H18ClNO6S. The Kier molecular flexibility index (Phi) is 6.99. The maximum Gasteiger partial charge on any atom is 0.337 e. The van der Waals surface area contributed by atoms with Crippen LogP contribution in [0.4, 0.5) is 0 Å². The van der Waals surface area contributed by atoms with Crippen molar-refractivity contribution in [3.63, 3.8) is 0 Å². The van der Waals surface area contributed by atoms with E-state index >= 15 is 0 Å². The number of aliphatic carboxylic acids is 1. The van der Waals surface area contributed by atoms with E-state index in [0.717, 1.165) is 18.6 Å². The molecule has 23 heavy (non-hydrogen) atoms.